The molecule has 0 heterocycles. The molecule has 0 amide bonds. The third-order valence-electron chi connectivity index (χ3n) is 3.80. The molecule has 0 aromatic rings. The second-order valence-electron chi connectivity index (χ2n) is 6.31. The molecule has 0 radical (unpaired) electrons. The first-order valence-corrected chi connectivity index (χ1v) is 9.07. The number of aliphatic carboxylic acids is 1. The second kappa shape index (κ2) is 13.8. The highest BCUT2D eigenvalue weighted by Gasteiger charge is 2.20. The minimum absolute atomic E-state index is 0.178. The molecule has 1 unspecified atom stereocenters. The highest BCUT2D eigenvalue weighted by Crippen LogP contribution is 2.12. The number of carbonyl (C=O) groups is 2. The molecule has 1 atom stereocenters. The van der Waals surface area contributed by atoms with Crippen LogP contribution in [0.5, 0.6) is 0 Å². The maximum atomic E-state index is 11.9. The fourth-order valence-corrected chi connectivity index (χ4v) is 2.40. The normalized spacial score (nSPS) is 12.7. The van der Waals surface area contributed by atoms with Crippen molar-refractivity contribution in [2.24, 2.45) is 0 Å². The number of ether oxygens (including phenoxy) is 1. The standard InChI is InChI=1S/C19H33NO4/c1-4-6-8-9-10-11-15(3)13-16(21)14-18(20)24-17(19(22)23)12-7-5-2/h13,17,20H,4-12,14H2,1-3H3,(H,22,23)/b15-13+,20-18?. The molecule has 0 saturated carbocycles. The third-order valence-corrected chi connectivity index (χ3v) is 3.80. The summed E-state index contributed by atoms with van der Waals surface area (Å²) >= 11 is 0. The zero-order valence-corrected chi connectivity index (χ0v) is 15.4. The van der Waals surface area contributed by atoms with E-state index >= 15 is 0 Å². The Morgan fingerprint density at radius 3 is 2.29 bits per heavy atom. The van der Waals surface area contributed by atoms with Gasteiger partial charge in [-0.3, -0.25) is 10.2 Å². The average Bonchev–Trinajstić information content (AvgIpc) is 2.50. The molecule has 0 saturated heterocycles. The molecule has 0 bridgehead atoms. The summed E-state index contributed by atoms with van der Waals surface area (Å²) in [4.78, 5) is 23.0. The van der Waals surface area contributed by atoms with Crippen LogP contribution >= 0.6 is 0 Å². The number of ketones is 1. The monoisotopic (exact) mass is 339 g/mol. The van der Waals surface area contributed by atoms with Crippen molar-refractivity contribution in [1.29, 1.82) is 5.41 Å². The molecule has 0 rings (SSSR count). The maximum Gasteiger partial charge on any atom is 0.344 e. The maximum absolute atomic E-state index is 11.9. The van der Waals surface area contributed by atoms with E-state index in [1.807, 2.05) is 13.8 Å². The van der Waals surface area contributed by atoms with Gasteiger partial charge in [0.1, 0.15) is 0 Å². The summed E-state index contributed by atoms with van der Waals surface area (Å²) < 4.78 is 5.13. The van der Waals surface area contributed by atoms with Gasteiger partial charge in [-0.25, -0.2) is 4.79 Å². The van der Waals surface area contributed by atoms with Gasteiger partial charge in [0.05, 0.1) is 6.42 Å². The molecule has 5 heteroatoms. The first-order valence-electron chi connectivity index (χ1n) is 9.07. The van der Waals surface area contributed by atoms with Gasteiger partial charge in [0, 0.05) is 0 Å². The molecule has 0 aliphatic rings. The Balaban J connectivity index is 4.20. The average molecular weight is 339 g/mol. The zero-order valence-electron chi connectivity index (χ0n) is 15.4. The number of nitrogens with one attached hydrogen (secondary N) is 1. The van der Waals surface area contributed by atoms with Crippen LogP contribution in [0.1, 0.15) is 85.0 Å². The van der Waals surface area contributed by atoms with Crippen LogP contribution in [0.2, 0.25) is 0 Å². The van der Waals surface area contributed by atoms with Crippen LogP contribution < -0.4 is 0 Å². The summed E-state index contributed by atoms with van der Waals surface area (Å²) in [5, 5.41) is 16.8. The molecule has 2 N–H and O–H groups in total. The van der Waals surface area contributed by atoms with Gasteiger partial charge < -0.3 is 9.84 Å². The van der Waals surface area contributed by atoms with Gasteiger partial charge >= 0.3 is 5.97 Å². The van der Waals surface area contributed by atoms with Crippen molar-refractivity contribution >= 4 is 17.7 Å². The minimum atomic E-state index is -1.08. The van der Waals surface area contributed by atoms with Crippen LogP contribution in [-0.4, -0.2) is 28.9 Å². The van der Waals surface area contributed by atoms with E-state index in [1.54, 1.807) is 6.08 Å². The lowest BCUT2D eigenvalue weighted by atomic mass is 10.1. The Bertz CT molecular complexity index is 429. The van der Waals surface area contributed by atoms with E-state index in [4.69, 9.17) is 15.3 Å². The first kappa shape index (κ1) is 22.4. The molecule has 0 aliphatic heterocycles. The Hall–Kier alpha value is -1.65. The largest absolute Gasteiger partial charge is 0.479 e. The van der Waals surface area contributed by atoms with Gasteiger partial charge in [-0.15, -0.1) is 0 Å². The van der Waals surface area contributed by atoms with E-state index in [1.165, 1.54) is 25.7 Å². The van der Waals surface area contributed by atoms with E-state index in [9.17, 15) is 9.59 Å². The van der Waals surface area contributed by atoms with Crippen LogP contribution in [0.3, 0.4) is 0 Å². The van der Waals surface area contributed by atoms with E-state index in [0.29, 0.717) is 6.42 Å². The number of hydrogen-bond donors (Lipinski definition) is 2. The van der Waals surface area contributed by atoms with Gasteiger partial charge in [-0.05, 0) is 38.7 Å². The molecule has 24 heavy (non-hydrogen) atoms. The Morgan fingerprint density at radius 1 is 1.08 bits per heavy atom. The van der Waals surface area contributed by atoms with Crippen molar-refractivity contribution in [2.45, 2.75) is 91.1 Å². The van der Waals surface area contributed by atoms with Crippen molar-refractivity contribution in [1.82, 2.24) is 0 Å². The number of carbonyl (C=O) groups excluding carboxylic acids is 1. The zero-order chi connectivity index (χ0) is 18.4. The summed E-state index contributed by atoms with van der Waals surface area (Å²) in [5.41, 5.74) is 1.00. The molecule has 0 aromatic carbocycles. The first-order chi connectivity index (χ1) is 11.4. The smallest absolute Gasteiger partial charge is 0.344 e. The number of rotatable bonds is 14. The van der Waals surface area contributed by atoms with Crippen LogP contribution in [0, 0.1) is 5.41 Å². The topological polar surface area (TPSA) is 87.5 Å². The minimum Gasteiger partial charge on any atom is -0.479 e. The van der Waals surface area contributed by atoms with Crippen LogP contribution in [0.4, 0.5) is 0 Å². The molecule has 0 aliphatic carbocycles. The molecule has 5 nitrogen and oxygen atoms in total. The molecular weight excluding hydrogens is 306 g/mol. The van der Waals surface area contributed by atoms with E-state index in [-0.39, 0.29) is 18.1 Å². The lowest BCUT2D eigenvalue weighted by Gasteiger charge is -2.14. The molecular formula is C19H33NO4. The lowest BCUT2D eigenvalue weighted by Crippen LogP contribution is -2.27. The van der Waals surface area contributed by atoms with Gasteiger partial charge in [-0.1, -0.05) is 51.5 Å². The summed E-state index contributed by atoms with van der Waals surface area (Å²) in [7, 11) is 0. The lowest BCUT2D eigenvalue weighted by molar-refractivity contribution is -0.146. The Kier molecular flexibility index (Phi) is 12.8. The fraction of sp³-hybridized carbons (Fsp3) is 0.737. The van der Waals surface area contributed by atoms with Gasteiger partial charge in [0.2, 0.25) is 0 Å². The van der Waals surface area contributed by atoms with Gasteiger partial charge in [0.25, 0.3) is 0 Å². The number of hydrogen-bond acceptors (Lipinski definition) is 4. The Morgan fingerprint density at radius 2 is 1.71 bits per heavy atom. The van der Waals surface area contributed by atoms with Crippen LogP contribution in [0.25, 0.3) is 0 Å². The van der Waals surface area contributed by atoms with Crippen molar-refractivity contribution in [3.63, 3.8) is 0 Å². The van der Waals surface area contributed by atoms with Crippen molar-refractivity contribution in [3.05, 3.63) is 11.6 Å². The quantitative estimate of drug-likeness (QED) is 0.204. The highest BCUT2D eigenvalue weighted by molar-refractivity contribution is 6.03. The summed E-state index contributed by atoms with van der Waals surface area (Å²) in [6, 6.07) is 0. The van der Waals surface area contributed by atoms with Crippen molar-refractivity contribution in [2.75, 3.05) is 0 Å². The fourth-order valence-electron chi connectivity index (χ4n) is 2.40. The van der Waals surface area contributed by atoms with Crippen LogP contribution in [-0.2, 0) is 14.3 Å². The number of carboxylic acid groups (broad SMARTS) is 1. The number of allylic oxidation sites excluding steroid dienone is 2. The predicted molar refractivity (Wildman–Crippen MR) is 96.5 cm³/mol. The third kappa shape index (κ3) is 11.9. The molecule has 138 valence electrons. The van der Waals surface area contributed by atoms with Crippen LogP contribution in [0.15, 0.2) is 11.6 Å². The number of carboxylic acids is 1. The van der Waals surface area contributed by atoms with Gasteiger partial charge in [0.15, 0.2) is 17.8 Å². The second-order valence-corrected chi connectivity index (χ2v) is 6.31. The summed E-state index contributed by atoms with van der Waals surface area (Å²) in [6.45, 7) is 6.06. The van der Waals surface area contributed by atoms with Gasteiger partial charge in [-0.2, -0.15) is 0 Å². The SMILES string of the molecule is CCCCCCC/C(C)=C/C(=O)CC(=N)OC(CCCC)C(=O)O. The Labute approximate surface area is 146 Å². The molecule has 0 fully saturated rings. The van der Waals surface area contributed by atoms with Crippen molar-refractivity contribution in [3.8, 4) is 0 Å². The highest BCUT2D eigenvalue weighted by atomic mass is 16.5. The molecule has 0 aromatic heterocycles. The van der Waals surface area contributed by atoms with E-state index in [0.717, 1.165) is 31.3 Å². The van der Waals surface area contributed by atoms with E-state index in [2.05, 4.69) is 6.92 Å². The van der Waals surface area contributed by atoms with E-state index < -0.39 is 12.1 Å². The number of unbranched alkanes of at least 4 members (excludes halogenated alkanes) is 5. The van der Waals surface area contributed by atoms with Crippen molar-refractivity contribution < 1.29 is 19.4 Å². The summed E-state index contributed by atoms with van der Waals surface area (Å²) in [6.07, 6.45) is 9.10. The predicted octanol–water partition coefficient (Wildman–Crippen LogP) is 4.89. The summed E-state index contributed by atoms with van der Waals surface area (Å²) in [5.74, 6) is -1.55. The molecule has 0 spiro atoms.